The normalized spacial score (nSPS) is 29.3. The molecule has 3 nitrogen and oxygen atoms in total. The van der Waals surface area contributed by atoms with Gasteiger partial charge in [-0.1, -0.05) is 27.7 Å². The lowest BCUT2D eigenvalue weighted by Gasteiger charge is -2.22. The van der Waals surface area contributed by atoms with Crippen LogP contribution in [-0.2, 0) is 4.74 Å². The summed E-state index contributed by atoms with van der Waals surface area (Å²) in [4.78, 5) is 10.9. The Morgan fingerprint density at radius 3 is 2.17 bits per heavy atom. The standard InChI is InChI=1S/C9H17NO2/c1-5(2)7-8(6(3)4)12-9(11)10-7/h5-8H,1-4H3,(H,10,11)/t7-,8-/m0/s1. The third kappa shape index (κ3) is 1.71. The number of hydrogen-bond donors (Lipinski definition) is 1. The third-order valence-corrected chi connectivity index (χ3v) is 2.26. The van der Waals surface area contributed by atoms with Crippen LogP contribution >= 0.6 is 0 Å². The molecule has 1 aliphatic heterocycles. The first-order valence-corrected chi connectivity index (χ1v) is 4.49. The summed E-state index contributed by atoms with van der Waals surface area (Å²) in [6.45, 7) is 8.32. The number of ether oxygens (including phenoxy) is 1. The second-order valence-corrected chi connectivity index (χ2v) is 4.03. The number of carbonyl (C=O) groups excluding carboxylic acids is 1. The zero-order valence-electron chi connectivity index (χ0n) is 8.13. The first-order valence-electron chi connectivity index (χ1n) is 4.49. The first kappa shape index (κ1) is 9.36. The van der Waals surface area contributed by atoms with Crippen molar-refractivity contribution in [1.29, 1.82) is 0 Å². The monoisotopic (exact) mass is 171 g/mol. The quantitative estimate of drug-likeness (QED) is 0.687. The molecule has 0 spiro atoms. The van der Waals surface area contributed by atoms with Gasteiger partial charge in [-0.25, -0.2) is 4.79 Å². The Morgan fingerprint density at radius 2 is 1.83 bits per heavy atom. The van der Waals surface area contributed by atoms with Crippen molar-refractivity contribution in [2.24, 2.45) is 11.8 Å². The number of nitrogens with one attached hydrogen (secondary N) is 1. The summed E-state index contributed by atoms with van der Waals surface area (Å²) in [6, 6.07) is 0.178. The van der Waals surface area contributed by atoms with E-state index in [1.165, 1.54) is 0 Å². The van der Waals surface area contributed by atoms with Crippen molar-refractivity contribution >= 4 is 6.09 Å². The minimum Gasteiger partial charge on any atom is -0.444 e. The molecule has 12 heavy (non-hydrogen) atoms. The summed E-state index contributed by atoms with van der Waals surface area (Å²) in [5.74, 6) is 0.820. The van der Waals surface area contributed by atoms with Crippen LogP contribution in [0.3, 0.4) is 0 Å². The van der Waals surface area contributed by atoms with Gasteiger partial charge in [0.1, 0.15) is 6.10 Å². The van der Waals surface area contributed by atoms with E-state index in [9.17, 15) is 4.79 Å². The van der Waals surface area contributed by atoms with Gasteiger partial charge in [-0.05, 0) is 11.8 Å². The molecule has 0 aliphatic carbocycles. The molecule has 1 N–H and O–H groups in total. The molecule has 70 valence electrons. The lowest BCUT2D eigenvalue weighted by Crippen LogP contribution is -2.38. The molecule has 0 saturated carbocycles. The molecule has 0 aromatic rings. The van der Waals surface area contributed by atoms with E-state index >= 15 is 0 Å². The van der Waals surface area contributed by atoms with E-state index in [1.54, 1.807) is 0 Å². The minimum atomic E-state index is -0.271. The lowest BCUT2D eigenvalue weighted by molar-refractivity contribution is 0.0942. The van der Waals surface area contributed by atoms with E-state index in [1.807, 2.05) is 0 Å². The van der Waals surface area contributed by atoms with Crippen molar-refractivity contribution in [2.45, 2.75) is 39.8 Å². The van der Waals surface area contributed by atoms with Crippen LogP contribution in [0.25, 0.3) is 0 Å². The largest absolute Gasteiger partial charge is 0.444 e. The highest BCUT2D eigenvalue weighted by molar-refractivity contribution is 5.70. The molecule has 1 rings (SSSR count). The first-order chi connectivity index (χ1) is 5.52. The van der Waals surface area contributed by atoms with Gasteiger partial charge < -0.3 is 10.1 Å². The summed E-state index contributed by atoms with van der Waals surface area (Å²) in [6.07, 6.45) is -0.232. The molecule has 0 bridgehead atoms. The molecule has 0 aromatic heterocycles. The molecule has 1 saturated heterocycles. The van der Waals surface area contributed by atoms with Crippen LogP contribution < -0.4 is 5.32 Å². The van der Waals surface area contributed by atoms with Gasteiger partial charge in [-0.15, -0.1) is 0 Å². The fourth-order valence-electron chi connectivity index (χ4n) is 1.55. The Kier molecular flexibility index (Phi) is 2.60. The summed E-state index contributed by atoms with van der Waals surface area (Å²) >= 11 is 0. The van der Waals surface area contributed by atoms with Crippen LogP contribution in [0, 0.1) is 11.8 Å². The van der Waals surface area contributed by atoms with Crippen LogP contribution in [0.1, 0.15) is 27.7 Å². The molecule has 1 amide bonds. The Labute approximate surface area is 73.5 Å². The van der Waals surface area contributed by atoms with Gasteiger partial charge in [0.2, 0.25) is 0 Å². The number of cyclic esters (lactones) is 1. The van der Waals surface area contributed by atoms with E-state index in [2.05, 4.69) is 33.0 Å². The fraction of sp³-hybridized carbons (Fsp3) is 0.889. The maximum absolute atomic E-state index is 10.9. The summed E-state index contributed by atoms with van der Waals surface area (Å²) in [5.41, 5.74) is 0. The Hall–Kier alpha value is -0.730. The van der Waals surface area contributed by atoms with Gasteiger partial charge in [0.25, 0.3) is 0 Å². The van der Waals surface area contributed by atoms with Crippen LogP contribution in [0.15, 0.2) is 0 Å². The van der Waals surface area contributed by atoms with Crippen LogP contribution in [0.4, 0.5) is 4.79 Å². The average Bonchev–Trinajstić information content (AvgIpc) is 2.31. The van der Waals surface area contributed by atoms with E-state index in [0.29, 0.717) is 11.8 Å². The highest BCUT2D eigenvalue weighted by Crippen LogP contribution is 2.22. The number of carbonyl (C=O) groups is 1. The zero-order valence-corrected chi connectivity index (χ0v) is 8.13. The fourth-order valence-corrected chi connectivity index (χ4v) is 1.55. The van der Waals surface area contributed by atoms with Crippen LogP contribution in [0.5, 0.6) is 0 Å². The summed E-state index contributed by atoms with van der Waals surface area (Å²) in [5, 5.41) is 2.82. The van der Waals surface area contributed by atoms with Crippen molar-refractivity contribution in [2.75, 3.05) is 0 Å². The van der Waals surface area contributed by atoms with E-state index in [4.69, 9.17) is 4.74 Å². The number of rotatable bonds is 2. The Balaban J connectivity index is 2.65. The Morgan fingerprint density at radius 1 is 1.25 bits per heavy atom. The highest BCUT2D eigenvalue weighted by Gasteiger charge is 2.37. The van der Waals surface area contributed by atoms with Crippen molar-refractivity contribution in [3.8, 4) is 0 Å². The molecule has 1 fully saturated rings. The van der Waals surface area contributed by atoms with Gasteiger partial charge >= 0.3 is 6.09 Å². The number of amides is 1. The summed E-state index contributed by atoms with van der Waals surface area (Å²) < 4.78 is 5.15. The molecule has 1 aliphatic rings. The second kappa shape index (κ2) is 3.33. The van der Waals surface area contributed by atoms with Crippen LogP contribution in [0.2, 0.25) is 0 Å². The van der Waals surface area contributed by atoms with Crippen molar-refractivity contribution in [3.63, 3.8) is 0 Å². The number of hydrogen-bond acceptors (Lipinski definition) is 2. The molecule has 0 aromatic carbocycles. The van der Waals surface area contributed by atoms with Gasteiger partial charge in [0.05, 0.1) is 6.04 Å². The molecule has 1 heterocycles. The van der Waals surface area contributed by atoms with Gasteiger partial charge in [-0.2, -0.15) is 0 Å². The SMILES string of the molecule is CC(C)[C@@H]1NC(=O)O[C@H]1C(C)C. The topological polar surface area (TPSA) is 38.3 Å². The average molecular weight is 171 g/mol. The van der Waals surface area contributed by atoms with Crippen molar-refractivity contribution < 1.29 is 9.53 Å². The van der Waals surface area contributed by atoms with E-state index in [0.717, 1.165) is 0 Å². The molecule has 2 atom stereocenters. The van der Waals surface area contributed by atoms with E-state index in [-0.39, 0.29) is 18.2 Å². The summed E-state index contributed by atoms with van der Waals surface area (Å²) in [7, 11) is 0. The third-order valence-electron chi connectivity index (χ3n) is 2.26. The van der Waals surface area contributed by atoms with E-state index < -0.39 is 0 Å². The zero-order chi connectivity index (χ0) is 9.30. The Bertz CT molecular complexity index is 159. The van der Waals surface area contributed by atoms with Crippen LogP contribution in [-0.4, -0.2) is 18.2 Å². The van der Waals surface area contributed by atoms with Gasteiger partial charge in [-0.3, -0.25) is 0 Å². The molecule has 3 heteroatoms. The maximum atomic E-state index is 10.9. The molecular formula is C9H17NO2. The van der Waals surface area contributed by atoms with Gasteiger partial charge in [0.15, 0.2) is 0 Å². The van der Waals surface area contributed by atoms with Gasteiger partial charge in [0, 0.05) is 0 Å². The van der Waals surface area contributed by atoms with Crippen molar-refractivity contribution in [3.05, 3.63) is 0 Å². The molecule has 0 unspecified atom stereocenters. The maximum Gasteiger partial charge on any atom is 0.407 e. The predicted molar refractivity (Wildman–Crippen MR) is 46.9 cm³/mol. The van der Waals surface area contributed by atoms with Crippen molar-refractivity contribution in [1.82, 2.24) is 5.32 Å². The highest BCUT2D eigenvalue weighted by atomic mass is 16.6. The lowest BCUT2D eigenvalue weighted by atomic mass is 9.92. The second-order valence-electron chi connectivity index (χ2n) is 4.03. The molecular weight excluding hydrogens is 154 g/mol. The molecule has 0 radical (unpaired) electrons. The predicted octanol–water partition coefficient (Wildman–Crippen LogP) is 1.78. The smallest absolute Gasteiger partial charge is 0.407 e. The minimum absolute atomic E-state index is 0.0394. The number of alkyl carbamates (subject to hydrolysis) is 1.